The van der Waals surface area contributed by atoms with Crippen molar-refractivity contribution < 1.29 is 4.92 Å². The normalized spacial score (nSPS) is 10.8. The van der Waals surface area contributed by atoms with Crippen LogP contribution in [-0.2, 0) is 0 Å². The minimum absolute atomic E-state index is 0.0238. The van der Waals surface area contributed by atoms with E-state index in [1.54, 1.807) is 0 Å². The lowest BCUT2D eigenvalue weighted by Gasteiger charge is -2.06. The van der Waals surface area contributed by atoms with Gasteiger partial charge in [-0.25, -0.2) is 4.98 Å². The summed E-state index contributed by atoms with van der Waals surface area (Å²) in [5, 5.41) is 11.8. The third kappa shape index (κ3) is 2.76. The smallest absolute Gasteiger partial charge is 0.258 e. The van der Waals surface area contributed by atoms with E-state index >= 15 is 0 Å². The number of fused-ring (bicyclic) bond motifs is 1. The molecule has 0 unspecified atom stereocenters. The number of alkyl halides is 1. The number of nitrogens with zero attached hydrogens (tertiary/aromatic N) is 2. The van der Waals surface area contributed by atoms with Gasteiger partial charge < -0.3 is 0 Å². The fourth-order valence-corrected chi connectivity index (χ4v) is 3.02. The lowest BCUT2D eigenvalue weighted by atomic mass is 10.2. The highest BCUT2D eigenvalue weighted by molar-refractivity contribution is 9.10. The van der Waals surface area contributed by atoms with Crippen LogP contribution in [0.1, 0.15) is 0 Å². The minimum atomic E-state index is -0.413. The number of pyridine rings is 1. The number of hydrogen-bond donors (Lipinski definition) is 0. The van der Waals surface area contributed by atoms with E-state index in [9.17, 15) is 10.1 Å². The quantitative estimate of drug-likeness (QED) is 0.359. The van der Waals surface area contributed by atoms with Gasteiger partial charge in [0.05, 0.1) is 15.3 Å². The molecule has 18 heavy (non-hydrogen) atoms. The van der Waals surface area contributed by atoms with Gasteiger partial charge in [0.1, 0.15) is 6.20 Å². The molecule has 2 rings (SSSR count). The third-order valence-electron chi connectivity index (χ3n) is 2.28. The van der Waals surface area contributed by atoms with Crippen LogP contribution in [0.2, 0.25) is 0 Å². The molecule has 1 aromatic carbocycles. The zero-order valence-corrected chi connectivity index (χ0v) is 12.3. The van der Waals surface area contributed by atoms with Crippen LogP contribution < -0.4 is 0 Å². The summed E-state index contributed by atoms with van der Waals surface area (Å²) < 4.78 is 0.866. The summed E-state index contributed by atoms with van der Waals surface area (Å²) in [6, 6.07) is 5.52. The number of thioether (sulfide) groups is 1. The molecule has 0 amide bonds. The molecule has 0 spiro atoms. The fraction of sp³-hybridized carbons (Fsp3) is 0.182. The van der Waals surface area contributed by atoms with Gasteiger partial charge in [0.2, 0.25) is 0 Å². The second-order valence-electron chi connectivity index (χ2n) is 3.43. The van der Waals surface area contributed by atoms with E-state index in [0.717, 1.165) is 15.4 Å². The van der Waals surface area contributed by atoms with E-state index in [-0.39, 0.29) is 5.69 Å². The van der Waals surface area contributed by atoms with Gasteiger partial charge in [0.25, 0.3) is 0 Å². The summed E-state index contributed by atoms with van der Waals surface area (Å²) in [5.74, 6) is 1.06. The van der Waals surface area contributed by atoms with Crippen LogP contribution in [-0.4, -0.2) is 21.5 Å². The van der Waals surface area contributed by atoms with Crippen molar-refractivity contribution in [3.8, 4) is 0 Å². The first kappa shape index (κ1) is 13.6. The predicted octanol–water partition coefficient (Wildman–Crippen LogP) is 4.24. The largest absolute Gasteiger partial charge is 0.301 e. The molecule has 4 nitrogen and oxygen atoms in total. The first-order valence-electron chi connectivity index (χ1n) is 5.05. The van der Waals surface area contributed by atoms with Crippen molar-refractivity contribution in [2.24, 2.45) is 0 Å². The third-order valence-corrected chi connectivity index (χ3v) is 4.31. The topological polar surface area (TPSA) is 56.0 Å². The molecule has 0 saturated carbocycles. The van der Waals surface area contributed by atoms with E-state index in [4.69, 9.17) is 11.6 Å². The van der Waals surface area contributed by atoms with Gasteiger partial charge >= 0.3 is 5.69 Å². The van der Waals surface area contributed by atoms with Crippen LogP contribution in [0.15, 0.2) is 33.8 Å². The average Bonchev–Trinajstić information content (AvgIpc) is 2.35. The standard InChI is InChI=1S/C11H8BrClN2O2S/c12-7-1-2-9-8(5-7)11(18-4-3-13)10(6-14-9)15(16)17/h1-2,5-6H,3-4H2. The number of benzene rings is 1. The maximum atomic E-state index is 11.0. The molecule has 0 aliphatic carbocycles. The summed E-state index contributed by atoms with van der Waals surface area (Å²) >= 11 is 10.4. The van der Waals surface area contributed by atoms with Crippen molar-refractivity contribution in [3.05, 3.63) is 39.0 Å². The Morgan fingerprint density at radius 3 is 2.94 bits per heavy atom. The first-order chi connectivity index (χ1) is 8.63. The highest BCUT2D eigenvalue weighted by Gasteiger charge is 2.18. The molecular formula is C11H8BrClN2O2S. The molecule has 0 aliphatic rings. The van der Waals surface area contributed by atoms with Crippen LogP contribution >= 0.6 is 39.3 Å². The van der Waals surface area contributed by atoms with Gasteiger partial charge in [-0.05, 0) is 18.2 Å². The van der Waals surface area contributed by atoms with E-state index in [0.29, 0.717) is 16.5 Å². The Balaban J connectivity index is 2.66. The fourth-order valence-electron chi connectivity index (χ4n) is 1.55. The zero-order chi connectivity index (χ0) is 13.1. The predicted molar refractivity (Wildman–Crippen MR) is 77.5 cm³/mol. The van der Waals surface area contributed by atoms with Gasteiger partial charge in [-0.1, -0.05) is 15.9 Å². The van der Waals surface area contributed by atoms with E-state index < -0.39 is 4.92 Å². The highest BCUT2D eigenvalue weighted by Crippen LogP contribution is 2.36. The summed E-state index contributed by atoms with van der Waals surface area (Å²) in [4.78, 5) is 15.3. The lowest BCUT2D eigenvalue weighted by molar-refractivity contribution is -0.387. The van der Waals surface area contributed by atoms with Crippen LogP contribution in [0.3, 0.4) is 0 Å². The molecule has 2 aromatic rings. The van der Waals surface area contributed by atoms with E-state index in [1.807, 2.05) is 18.2 Å². The van der Waals surface area contributed by atoms with Gasteiger partial charge in [-0.3, -0.25) is 10.1 Å². The van der Waals surface area contributed by atoms with Crippen molar-refractivity contribution in [3.63, 3.8) is 0 Å². The number of nitro groups is 1. The van der Waals surface area contributed by atoms with Gasteiger partial charge in [0, 0.05) is 21.5 Å². The Labute approximate surface area is 121 Å². The maximum Gasteiger partial charge on any atom is 0.301 e. The molecule has 1 aromatic heterocycles. The summed E-state index contributed by atoms with van der Waals surface area (Å²) in [6.07, 6.45) is 1.30. The Morgan fingerprint density at radius 2 is 2.28 bits per heavy atom. The van der Waals surface area contributed by atoms with Gasteiger partial charge in [-0.2, -0.15) is 0 Å². The summed E-state index contributed by atoms with van der Waals surface area (Å²) in [5.41, 5.74) is 0.761. The number of aromatic nitrogens is 1. The SMILES string of the molecule is O=[N+]([O-])c1cnc2ccc(Br)cc2c1SCCCl. The van der Waals surface area contributed by atoms with Gasteiger partial charge in [-0.15, -0.1) is 23.4 Å². The highest BCUT2D eigenvalue weighted by atomic mass is 79.9. The molecular weight excluding hydrogens is 340 g/mol. The Bertz CT molecular complexity index is 609. The van der Waals surface area contributed by atoms with Crippen molar-refractivity contribution in [2.75, 3.05) is 11.6 Å². The monoisotopic (exact) mass is 346 g/mol. The van der Waals surface area contributed by atoms with Gasteiger partial charge in [0.15, 0.2) is 0 Å². The molecule has 0 fully saturated rings. The molecule has 94 valence electrons. The van der Waals surface area contributed by atoms with Crippen molar-refractivity contribution in [1.82, 2.24) is 4.98 Å². The first-order valence-corrected chi connectivity index (χ1v) is 7.36. The van der Waals surface area contributed by atoms with Crippen molar-refractivity contribution in [2.45, 2.75) is 4.90 Å². The molecule has 1 heterocycles. The molecule has 0 radical (unpaired) electrons. The number of hydrogen-bond acceptors (Lipinski definition) is 4. The van der Waals surface area contributed by atoms with Crippen LogP contribution in [0.5, 0.6) is 0 Å². The van der Waals surface area contributed by atoms with Crippen LogP contribution in [0.25, 0.3) is 10.9 Å². The van der Waals surface area contributed by atoms with E-state index in [2.05, 4.69) is 20.9 Å². The van der Waals surface area contributed by atoms with Crippen molar-refractivity contribution in [1.29, 1.82) is 0 Å². The second kappa shape index (κ2) is 5.86. The van der Waals surface area contributed by atoms with E-state index in [1.165, 1.54) is 18.0 Å². The average molecular weight is 348 g/mol. The molecule has 0 aliphatic heterocycles. The zero-order valence-electron chi connectivity index (χ0n) is 9.10. The maximum absolute atomic E-state index is 11.0. The second-order valence-corrected chi connectivity index (χ2v) is 5.83. The lowest BCUT2D eigenvalue weighted by Crippen LogP contribution is -1.95. The number of rotatable bonds is 4. The number of halogens is 2. The molecule has 0 saturated heterocycles. The summed E-state index contributed by atoms with van der Waals surface area (Å²) in [6.45, 7) is 0. The van der Waals surface area contributed by atoms with Crippen molar-refractivity contribution >= 4 is 55.9 Å². The Kier molecular flexibility index (Phi) is 4.42. The van der Waals surface area contributed by atoms with Crippen LogP contribution in [0, 0.1) is 10.1 Å². The molecule has 0 N–H and O–H groups in total. The Morgan fingerprint density at radius 1 is 1.50 bits per heavy atom. The Hall–Kier alpha value is -0.850. The summed E-state index contributed by atoms with van der Waals surface area (Å²) in [7, 11) is 0. The minimum Gasteiger partial charge on any atom is -0.258 e. The molecule has 7 heteroatoms. The molecule has 0 bridgehead atoms. The van der Waals surface area contributed by atoms with Crippen LogP contribution in [0.4, 0.5) is 5.69 Å². The molecule has 0 atom stereocenters.